The molecule has 4 aromatic heterocycles. The fourth-order valence-corrected chi connectivity index (χ4v) is 7.47. The molecule has 0 radical (unpaired) electrons. The first-order valence-electron chi connectivity index (χ1n) is 21.2. The van der Waals surface area contributed by atoms with Crippen molar-refractivity contribution in [1.29, 1.82) is 0 Å². The van der Waals surface area contributed by atoms with Gasteiger partial charge in [0.05, 0.1) is 38.5 Å². The molecular formula is C48H57ClN6O11S2. The van der Waals surface area contributed by atoms with Crippen LogP contribution in [0, 0.1) is 25.7 Å². The van der Waals surface area contributed by atoms with Crippen LogP contribution in [0.4, 0.5) is 9.59 Å². The predicted molar refractivity (Wildman–Crippen MR) is 263 cm³/mol. The molecule has 2 aromatic carbocycles. The number of carboxylic acids is 1. The van der Waals surface area contributed by atoms with Crippen LogP contribution in [0.5, 0.6) is 0 Å². The number of nitrogens with one attached hydrogen (secondary N) is 3. The van der Waals surface area contributed by atoms with Gasteiger partial charge >= 0.3 is 30.1 Å². The standard InChI is InChI=1S/C24H27N3O5S.C15H22N2O4.C9H7NO2S.ClH/c1-15(2)13-31-23(29)19(27-24(30)32-14-17-7-5-4-6-8-17)12-26-22(28)20-11-18-21(33-20)16(3)9-10-25-18;1-11(2)9-20-14(18)13(8-16)17-15(19)21-10-12-6-4-3-5-7-12;1-5-2-3-10-6-4-7(9(11)12)13-8(5)6;/h4-11,15,19H,12-14H2,1-3H3,(H,26,28)(H,27,30);3-7,11,13H,8-10,16H2,1-2H3,(H,17,19);2-4H,1H3,(H,11,12);1H/t19-;13-;;/m11../s1. The molecule has 364 valence electrons. The summed E-state index contributed by atoms with van der Waals surface area (Å²) in [5.41, 5.74) is 10.7. The highest BCUT2D eigenvalue weighted by atomic mass is 35.5. The van der Waals surface area contributed by atoms with E-state index in [9.17, 15) is 28.8 Å². The zero-order valence-electron chi connectivity index (χ0n) is 38.5. The molecule has 0 fully saturated rings. The fraction of sp³-hybridized carbons (Fsp3) is 0.333. The number of hydrogen-bond acceptors (Lipinski definition) is 15. The number of nitrogens with two attached hydrogens (primary N) is 1. The number of hydrogen-bond donors (Lipinski definition) is 5. The number of carbonyl (C=O) groups is 6. The quantitative estimate of drug-likeness (QED) is 0.0429. The number of carbonyl (C=O) groups excluding carboxylic acids is 5. The van der Waals surface area contributed by atoms with E-state index in [-0.39, 0.29) is 69.7 Å². The van der Waals surface area contributed by atoms with Crippen LogP contribution in [0.1, 0.15) is 69.3 Å². The van der Waals surface area contributed by atoms with Gasteiger partial charge in [0.2, 0.25) is 0 Å². The van der Waals surface area contributed by atoms with Gasteiger partial charge in [-0.25, -0.2) is 24.0 Å². The van der Waals surface area contributed by atoms with Crippen LogP contribution in [0.25, 0.3) is 20.4 Å². The molecule has 0 spiro atoms. The van der Waals surface area contributed by atoms with E-state index >= 15 is 0 Å². The van der Waals surface area contributed by atoms with E-state index in [0.717, 1.165) is 42.7 Å². The Morgan fingerprint density at radius 2 is 1.06 bits per heavy atom. The number of alkyl carbamates (subject to hydrolysis) is 2. The van der Waals surface area contributed by atoms with Crippen LogP contribution in [0.2, 0.25) is 0 Å². The molecule has 4 heterocycles. The Bertz CT molecular complexity index is 2570. The van der Waals surface area contributed by atoms with Gasteiger partial charge in [0.25, 0.3) is 5.91 Å². The zero-order valence-corrected chi connectivity index (χ0v) is 41.0. The number of amides is 3. The second kappa shape index (κ2) is 28.5. The minimum atomic E-state index is -1.09. The Kier molecular flexibility index (Phi) is 23.3. The van der Waals surface area contributed by atoms with Crippen molar-refractivity contribution < 1.29 is 52.8 Å². The van der Waals surface area contributed by atoms with Crippen molar-refractivity contribution >= 4 is 91.5 Å². The van der Waals surface area contributed by atoms with Gasteiger partial charge < -0.3 is 45.7 Å². The summed E-state index contributed by atoms with van der Waals surface area (Å²) in [6, 6.07) is 23.5. The van der Waals surface area contributed by atoms with Gasteiger partial charge in [-0.05, 0) is 72.2 Å². The number of thiophene rings is 2. The van der Waals surface area contributed by atoms with E-state index in [1.165, 1.54) is 22.7 Å². The van der Waals surface area contributed by atoms with Gasteiger partial charge in [-0.15, -0.1) is 35.1 Å². The molecular weight excluding hydrogens is 936 g/mol. The SMILES string of the molecule is CC(C)COC(=O)[C@@H](CN)NC(=O)OCc1ccccc1.Cc1ccnc2cc(C(=O)NC[C@@H](NC(=O)OCc3ccccc3)C(=O)OCC(C)C)sc12.Cc1ccnc2cc(C(=O)O)sc12.Cl. The third-order valence-corrected chi connectivity index (χ3v) is 11.6. The maximum absolute atomic E-state index is 12.7. The second-order valence-corrected chi connectivity index (χ2v) is 17.8. The van der Waals surface area contributed by atoms with Crippen molar-refractivity contribution in [3.8, 4) is 0 Å². The van der Waals surface area contributed by atoms with Crippen molar-refractivity contribution in [3.05, 3.63) is 129 Å². The van der Waals surface area contributed by atoms with Gasteiger partial charge in [-0.3, -0.25) is 14.8 Å². The van der Waals surface area contributed by atoms with Crippen LogP contribution in [-0.4, -0.2) is 89.5 Å². The number of aromatic nitrogens is 2. The third-order valence-electron chi connectivity index (χ3n) is 9.05. The maximum Gasteiger partial charge on any atom is 0.408 e. The van der Waals surface area contributed by atoms with Crippen molar-refractivity contribution in [1.82, 2.24) is 25.9 Å². The molecule has 0 aliphatic rings. The van der Waals surface area contributed by atoms with Crippen molar-refractivity contribution in [3.63, 3.8) is 0 Å². The normalized spacial score (nSPS) is 11.4. The van der Waals surface area contributed by atoms with Crippen LogP contribution in [0.15, 0.2) is 97.3 Å². The molecule has 0 bridgehead atoms. The average molecular weight is 994 g/mol. The second-order valence-electron chi connectivity index (χ2n) is 15.7. The monoisotopic (exact) mass is 992 g/mol. The first kappa shape index (κ1) is 55.7. The molecule has 6 N–H and O–H groups in total. The van der Waals surface area contributed by atoms with Gasteiger partial charge in [0, 0.05) is 25.5 Å². The summed E-state index contributed by atoms with van der Waals surface area (Å²) in [4.78, 5) is 80.7. The number of carboxylic acid groups (broad SMARTS) is 1. The van der Waals surface area contributed by atoms with Crippen molar-refractivity contribution in [2.24, 2.45) is 17.6 Å². The van der Waals surface area contributed by atoms with Crippen LogP contribution < -0.4 is 21.7 Å². The van der Waals surface area contributed by atoms with E-state index in [0.29, 0.717) is 9.75 Å². The molecule has 68 heavy (non-hydrogen) atoms. The molecule has 0 saturated heterocycles. The van der Waals surface area contributed by atoms with Gasteiger partial charge in [0.1, 0.15) is 30.2 Å². The molecule has 0 aliphatic carbocycles. The Labute approximate surface area is 408 Å². The molecule has 3 amide bonds. The predicted octanol–water partition coefficient (Wildman–Crippen LogP) is 7.99. The summed E-state index contributed by atoms with van der Waals surface area (Å²) in [7, 11) is 0. The van der Waals surface area contributed by atoms with Gasteiger partial charge in [0.15, 0.2) is 0 Å². The lowest BCUT2D eigenvalue weighted by molar-refractivity contribution is -0.147. The minimum absolute atomic E-state index is 0. The van der Waals surface area contributed by atoms with Crippen molar-refractivity contribution in [2.45, 2.75) is 66.8 Å². The Balaban J connectivity index is 0.000000298. The Hall–Kier alpha value is -6.67. The first-order chi connectivity index (χ1) is 32.0. The van der Waals surface area contributed by atoms with Crippen LogP contribution >= 0.6 is 35.1 Å². The number of benzene rings is 2. The fourth-order valence-electron chi connectivity index (χ4n) is 5.55. The lowest BCUT2D eigenvalue weighted by atomic mass is 10.2. The number of pyridine rings is 2. The number of halogens is 1. The molecule has 2 atom stereocenters. The lowest BCUT2D eigenvalue weighted by Gasteiger charge is -2.18. The van der Waals surface area contributed by atoms with Gasteiger partial charge in [-0.2, -0.15) is 0 Å². The summed E-state index contributed by atoms with van der Waals surface area (Å²) in [6.07, 6.45) is 1.91. The van der Waals surface area contributed by atoms with Crippen molar-refractivity contribution in [2.75, 3.05) is 26.3 Å². The summed E-state index contributed by atoms with van der Waals surface area (Å²) >= 11 is 2.59. The average Bonchev–Trinajstić information content (AvgIpc) is 3.98. The minimum Gasteiger partial charge on any atom is -0.477 e. The van der Waals surface area contributed by atoms with E-state index < -0.39 is 42.2 Å². The molecule has 6 aromatic rings. The topological polar surface area (TPSA) is 247 Å². The van der Waals surface area contributed by atoms with Gasteiger partial charge in [-0.1, -0.05) is 88.4 Å². The number of nitrogens with zero attached hydrogens (tertiary/aromatic N) is 2. The molecule has 0 unspecified atom stereocenters. The van der Waals surface area contributed by atoms with E-state index in [1.54, 1.807) is 24.5 Å². The highest BCUT2D eigenvalue weighted by molar-refractivity contribution is 7.21. The summed E-state index contributed by atoms with van der Waals surface area (Å²) < 4.78 is 22.4. The number of aromatic carboxylic acids is 1. The number of fused-ring (bicyclic) bond motifs is 2. The molecule has 0 saturated carbocycles. The van der Waals surface area contributed by atoms with E-state index in [4.69, 9.17) is 29.8 Å². The molecule has 0 aliphatic heterocycles. The number of ether oxygens (including phenoxy) is 4. The smallest absolute Gasteiger partial charge is 0.408 e. The number of rotatable bonds is 17. The Morgan fingerprint density at radius 1 is 0.632 bits per heavy atom. The Morgan fingerprint density at radius 3 is 1.49 bits per heavy atom. The van der Waals surface area contributed by atoms with Crippen LogP contribution in [0.3, 0.4) is 0 Å². The zero-order chi connectivity index (χ0) is 48.9. The lowest BCUT2D eigenvalue weighted by Crippen LogP contribution is -2.49. The largest absolute Gasteiger partial charge is 0.477 e. The highest BCUT2D eigenvalue weighted by Crippen LogP contribution is 2.27. The summed E-state index contributed by atoms with van der Waals surface area (Å²) in [6.45, 7) is 12.0. The summed E-state index contributed by atoms with van der Waals surface area (Å²) in [5, 5.41) is 16.4. The third kappa shape index (κ3) is 18.5. The molecule has 20 heteroatoms. The molecule has 6 rings (SSSR count). The highest BCUT2D eigenvalue weighted by Gasteiger charge is 2.25. The molecule has 17 nitrogen and oxygen atoms in total. The van der Waals surface area contributed by atoms with E-state index in [1.807, 2.05) is 114 Å². The number of aryl methyl sites for hydroxylation is 2. The van der Waals surface area contributed by atoms with Crippen LogP contribution in [-0.2, 0) is 41.8 Å². The van der Waals surface area contributed by atoms with E-state index in [2.05, 4.69) is 25.9 Å². The number of esters is 2. The summed E-state index contributed by atoms with van der Waals surface area (Å²) in [5.74, 6) is -2.10. The first-order valence-corrected chi connectivity index (χ1v) is 22.9. The maximum atomic E-state index is 12.7.